The standard InChI is InChI=1S/C27H37N3O5/c1-8-17(2)22(29-26(34)35-27(4,5)6)25(33)30(7)23(19-14-10-12-16-21(19)31)24(32)28-20-15-11-9-13-18(20)3/h9-17,22-23,31H,8H2,1-7H3,(H,28,32)(H,29,34). The summed E-state index contributed by atoms with van der Waals surface area (Å²) in [6, 6.07) is 11.6. The maximum atomic E-state index is 13.7. The molecule has 0 bridgehead atoms. The van der Waals surface area contributed by atoms with Crippen molar-refractivity contribution in [1.29, 1.82) is 0 Å². The molecule has 0 saturated carbocycles. The molecule has 0 heterocycles. The number of benzene rings is 2. The lowest BCUT2D eigenvalue weighted by Gasteiger charge is -2.33. The number of phenolic OH excluding ortho intramolecular Hbond substituents is 1. The lowest BCUT2D eigenvalue weighted by molar-refractivity contribution is -0.140. The van der Waals surface area contributed by atoms with E-state index in [1.807, 2.05) is 32.9 Å². The smallest absolute Gasteiger partial charge is 0.408 e. The van der Waals surface area contributed by atoms with Gasteiger partial charge in [-0.25, -0.2) is 4.79 Å². The summed E-state index contributed by atoms with van der Waals surface area (Å²) in [7, 11) is 1.49. The molecule has 0 radical (unpaired) electrons. The van der Waals surface area contributed by atoms with Crippen molar-refractivity contribution < 1.29 is 24.2 Å². The van der Waals surface area contributed by atoms with Gasteiger partial charge in [0.2, 0.25) is 5.91 Å². The number of amides is 3. The zero-order valence-electron chi connectivity index (χ0n) is 21.6. The van der Waals surface area contributed by atoms with Crippen LogP contribution in [0.1, 0.15) is 58.2 Å². The molecule has 0 spiro atoms. The van der Waals surface area contributed by atoms with Crippen LogP contribution in [0.2, 0.25) is 0 Å². The van der Waals surface area contributed by atoms with Gasteiger partial charge in [-0.15, -0.1) is 0 Å². The molecule has 2 aromatic rings. The second-order valence-corrected chi connectivity index (χ2v) is 9.72. The van der Waals surface area contributed by atoms with E-state index < -0.39 is 35.6 Å². The first-order valence-electron chi connectivity index (χ1n) is 11.8. The fourth-order valence-electron chi connectivity index (χ4n) is 3.62. The van der Waals surface area contributed by atoms with E-state index in [0.29, 0.717) is 12.1 Å². The number of rotatable bonds is 8. The Hall–Kier alpha value is -3.55. The largest absolute Gasteiger partial charge is 0.508 e. The summed E-state index contributed by atoms with van der Waals surface area (Å²) in [5.74, 6) is -1.31. The average Bonchev–Trinajstić information content (AvgIpc) is 2.78. The van der Waals surface area contributed by atoms with Gasteiger partial charge in [-0.2, -0.15) is 0 Å². The lowest BCUT2D eigenvalue weighted by Crippen LogP contribution is -2.53. The van der Waals surface area contributed by atoms with Gasteiger partial charge in [0.05, 0.1) is 0 Å². The van der Waals surface area contributed by atoms with Crippen LogP contribution in [-0.4, -0.2) is 46.6 Å². The summed E-state index contributed by atoms with van der Waals surface area (Å²) in [4.78, 5) is 41.0. The second kappa shape index (κ2) is 11.7. The first-order chi connectivity index (χ1) is 16.4. The highest BCUT2D eigenvalue weighted by atomic mass is 16.6. The van der Waals surface area contributed by atoms with Gasteiger partial charge in [-0.1, -0.05) is 56.7 Å². The van der Waals surface area contributed by atoms with Crippen molar-refractivity contribution in [2.75, 3.05) is 12.4 Å². The number of phenols is 1. The van der Waals surface area contributed by atoms with Crippen LogP contribution >= 0.6 is 0 Å². The Labute approximate surface area is 207 Å². The Balaban J connectivity index is 2.42. The summed E-state index contributed by atoms with van der Waals surface area (Å²) >= 11 is 0. The molecule has 0 aromatic heterocycles. The van der Waals surface area contributed by atoms with Crippen LogP contribution in [0.5, 0.6) is 5.75 Å². The third kappa shape index (κ3) is 7.47. The molecule has 0 aliphatic rings. The first-order valence-corrected chi connectivity index (χ1v) is 11.8. The minimum atomic E-state index is -1.14. The highest BCUT2D eigenvalue weighted by Gasteiger charge is 2.37. The quantitative estimate of drug-likeness (QED) is 0.501. The first kappa shape index (κ1) is 27.7. The summed E-state index contributed by atoms with van der Waals surface area (Å²) in [6.45, 7) is 10.8. The molecule has 2 rings (SSSR count). The van der Waals surface area contributed by atoms with E-state index in [9.17, 15) is 19.5 Å². The van der Waals surface area contributed by atoms with E-state index >= 15 is 0 Å². The highest BCUT2D eigenvalue weighted by molar-refractivity contribution is 5.99. The van der Waals surface area contributed by atoms with Crippen molar-refractivity contribution in [3.05, 3.63) is 59.7 Å². The second-order valence-electron chi connectivity index (χ2n) is 9.72. The van der Waals surface area contributed by atoms with E-state index in [1.165, 1.54) is 18.0 Å². The maximum Gasteiger partial charge on any atom is 0.408 e. The molecule has 8 nitrogen and oxygen atoms in total. The molecule has 0 aliphatic heterocycles. The van der Waals surface area contributed by atoms with Crippen molar-refractivity contribution in [3.63, 3.8) is 0 Å². The number of hydrogen-bond donors (Lipinski definition) is 3. The molecule has 0 aliphatic carbocycles. The number of carbonyl (C=O) groups is 3. The van der Waals surface area contributed by atoms with Crippen LogP contribution in [-0.2, 0) is 14.3 Å². The number of anilines is 1. The van der Waals surface area contributed by atoms with E-state index in [1.54, 1.807) is 51.1 Å². The number of likely N-dealkylation sites (N-methyl/N-ethyl adjacent to an activating group) is 1. The van der Waals surface area contributed by atoms with Crippen LogP contribution in [0.15, 0.2) is 48.5 Å². The van der Waals surface area contributed by atoms with Crippen LogP contribution in [0.3, 0.4) is 0 Å². The van der Waals surface area contributed by atoms with Crippen molar-refractivity contribution in [3.8, 4) is 5.75 Å². The highest BCUT2D eigenvalue weighted by Crippen LogP contribution is 2.30. The molecule has 3 atom stereocenters. The number of para-hydroxylation sites is 2. The Kier molecular flexibility index (Phi) is 9.28. The molecule has 3 amide bonds. The number of aromatic hydroxyl groups is 1. The molecule has 3 N–H and O–H groups in total. The molecule has 190 valence electrons. The van der Waals surface area contributed by atoms with Gasteiger partial charge in [0.25, 0.3) is 5.91 Å². The third-order valence-electron chi connectivity index (χ3n) is 5.77. The van der Waals surface area contributed by atoms with Crippen LogP contribution in [0.25, 0.3) is 0 Å². The fraction of sp³-hybridized carbons (Fsp3) is 0.444. The average molecular weight is 484 g/mol. The van der Waals surface area contributed by atoms with Gasteiger partial charge in [0, 0.05) is 18.3 Å². The Morgan fingerprint density at radius 3 is 2.23 bits per heavy atom. The van der Waals surface area contributed by atoms with Crippen LogP contribution in [0, 0.1) is 12.8 Å². The Morgan fingerprint density at radius 2 is 1.66 bits per heavy atom. The number of alkyl carbamates (subject to hydrolysis) is 1. The topological polar surface area (TPSA) is 108 Å². The Bertz CT molecular complexity index is 1050. The predicted molar refractivity (Wildman–Crippen MR) is 136 cm³/mol. The van der Waals surface area contributed by atoms with E-state index in [-0.39, 0.29) is 17.2 Å². The molecule has 0 fully saturated rings. The molecule has 35 heavy (non-hydrogen) atoms. The molecule has 3 unspecified atom stereocenters. The van der Waals surface area contributed by atoms with E-state index in [4.69, 9.17) is 4.74 Å². The monoisotopic (exact) mass is 483 g/mol. The minimum absolute atomic E-state index is 0.114. The van der Waals surface area contributed by atoms with Gasteiger partial charge >= 0.3 is 6.09 Å². The third-order valence-corrected chi connectivity index (χ3v) is 5.77. The molecule has 0 saturated heterocycles. The van der Waals surface area contributed by atoms with E-state index in [0.717, 1.165) is 5.56 Å². The molecule has 2 aromatic carbocycles. The van der Waals surface area contributed by atoms with Crippen molar-refractivity contribution in [2.24, 2.45) is 5.92 Å². The summed E-state index contributed by atoms with van der Waals surface area (Å²) in [5.41, 5.74) is 0.999. The van der Waals surface area contributed by atoms with Crippen molar-refractivity contribution in [1.82, 2.24) is 10.2 Å². The summed E-state index contributed by atoms with van der Waals surface area (Å²) < 4.78 is 5.36. The van der Waals surface area contributed by atoms with Crippen LogP contribution < -0.4 is 10.6 Å². The predicted octanol–water partition coefficient (Wildman–Crippen LogP) is 4.78. The van der Waals surface area contributed by atoms with Crippen LogP contribution in [0.4, 0.5) is 10.5 Å². The van der Waals surface area contributed by atoms with Gasteiger partial charge < -0.3 is 25.4 Å². The van der Waals surface area contributed by atoms with Crippen molar-refractivity contribution >= 4 is 23.6 Å². The number of nitrogens with zero attached hydrogens (tertiary/aromatic N) is 1. The minimum Gasteiger partial charge on any atom is -0.508 e. The summed E-state index contributed by atoms with van der Waals surface area (Å²) in [6.07, 6.45) is -0.107. The Morgan fingerprint density at radius 1 is 1.06 bits per heavy atom. The van der Waals surface area contributed by atoms with E-state index in [2.05, 4.69) is 10.6 Å². The van der Waals surface area contributed by atoms with Gasteiger partial charge in [-0.05, 0) is 51.3 Å². The maximum absolute atomic E-state index is 13.7. The number of nitrogens with one attached hydrogen (secondary N) is 2. The zero-order chi connectivity index (χ0) is 26.3. The normalized spacial score (nSPS) is 13.8. The fourth-order valence-corrected chi connectivity index (χ4v) is 3.62. The number of aryl methyl sites for hydroxylation is 1. The van der Waals surface area contributed by atoms with Crippen molar-refractivity contribution in [2.45, 2.75) is 65.6 Å². The summed E-state index contributed by atoms with van der Waals surface area (Å²) in [5, 5.41) is 16.1. The SMILES string of the molecule is CCC(C)C(NC(=O)OC(C)(C)C)C(=O)N(C)C(C(=O)Nc1ccccc1C)c1ccccc1O. The van der Waals surface area contributed by atoms with Gasteiger partial charge in [0.1, 0.15) is 23.4 Å². The number of ether oxygens (including phenoxy) is 1. The lowest BCUT2D eigenvalue weighted by atomic mass is 9.96. The molecular formula is C27H37N3O5. The number of hydrogen-bond acceptors (Lipinski definition) is 5. The zero-order valence-corrected chi connectivity index (χ0v) is 21.6. The van der Waals surface area contributed by atoms with Gasteiger partial charge in [-0.3, -0.25) is 9.59 Å². The molecular weight excluding hydrogens is 446 g/mol. The van der Waals surface area contributed by atoms with Gasteiger partial charge in [0.15, 0.2) is 0 Å². The molecule has 8 heteroatoms. The number of carbonyl (C=O) groups excluding carboxylic acids is 3.